The monoisotopic (exact) mass is 899 g/mol. The second-order valence-corrected chi connectivity index (χ2v) is 17.4. The number of phenolic OH excluding ortho intramolecular Hbond substituents is 1. The molecule has 13 nitrogen and oxygen atoms in total. The van der Waals surface area contributed by atoms with Gasteiger partial charge in [-0.05, 0) is 71.1 Å². The maximum absolute atomic E-state index is 16.4. The summed E-state index contributed by atoms with van der Waals surface area (Å²) in [6.45, 7) is 8.32. The van der Waals surface area contributed by atoms with E-state index in [4.69, 9.17) is 9.47 Å². The predicted molar refractivity (Wildman–Crippen MR) is 252 cm³/mol. The summed E-state index contributed by atoms with van der Waals surface area (Å²) >= 11 is 0. The molecule has 0 aliphatic carbocycles. The third-order valence-electron chi connectivity index (χ3n) is 12.9. The van der Waals surface area contributed by atoms with Crippen LogP contribution < -0.4 is 15.5 Å². The van der Waals surface area contributed by atoms with Gasteiger partial charge >= 0.3 is 18.0 Å². The van der Waals surface area contributed by atoms with Crippen molar-refractivity contribution in [1.29, 1.82) is 0 Å². The fraction of sp³-hybridized carbons (Fsp3) is 0.278. The smallest absolute Gasteiger partial charge is 0.329 e. The van der Waals surface area contributed by atoms with Crippen LogP contribution in [0.3, 0.4) is 0 Å². The van der Waals surface area contributed by atoms with Crippen LogP contribution in [-0.2, 0) is 40.6 Å². The number of amides is 4. The average molecular weight is 900 g/mol. The molecule has 3 aliphatic rings. The number of cyclic esters (lactones) is 1. The van der Waals surface area contributed by atoms with Crippen LogP contribution in [-0.4, -0.2) is 84.0 Å². The third-order valence-corrected chi connectivity index (χ3v) is 12.9. The van der Waals surface area contributed by atoms with Crippen LogP contribution in [0.5, 0.6) is 5.75 Å². The molecule has 0 radical (unpaired) electrons. The first-order chi connectivity index (χ1) is 32.4. The van der Waals surface area contributed by atoms with Crippen molar-refractivity contribution < 1.29 is 38.6 Å². The number of methoxy groups -OCH3 is 1. The van der Waals surface area contributed by atoms with Crippen molar-refractivity contribution in [2.24, 2.45) is 11.8 Å². The standard InChI is InChI=1S/C54H53N5O8/c1-6-30-55-49(61)43-46-51(63)67-47(38-22-14-9-15-23-38)45(37-20-12-8-13-21-37)59(46)48(39-25-27-40(60)28-26-39)54(43)41-32-35(19-16-31-57(4)33-36-17-10-7-11-18-36)24-29-42(41)58(52(54)64)53(65)56-44(34(2)3)50(62)66-5/h6-15,17-18,20-29,32,34,43-48,60H,1,30-31,33H2,2-5H3,(H,55,61)(H,56,65)/t43-,44+,45-,46-,47+,48+,54-/m1/s1. The Balaban J connectivity index is 1.39. The Morgan fingerprint density at radius 1 is 0.881 bits per heavy atom. The molecule has 3 aliphatic heterocycles. The van der Waals surface area contributed by atoms with Gasteiger partial charge in [-0.15, -0.1) is 6.58 Å². The Bertz CT molecular complexity index is 2720. The molecule has 0 bridgehead atoms. The number of morpholine rings is 1. The molecule has 2 saturated heterocycles. The Kier molecular flexibility index (Phi) is 13.4. The molecule has 1 spiro atoms. The quantitative estimate of drug-likeness (QED) is 0.0696. The minimum Gasteiger partial charge on any atom is -0.508 e. The van der Waals surface area contributed by atoms with E-state index >= 15 is 14.4 Å². The highest BCUT2D eigenvalue weighted by atomic mass is 16.6. The van der Waals surface area contributed by atoms with Crippen molar-refractivity contribution >= 4 is 35.5 Å². The molecule has 0 saturated carbocycles. The number of anilines is 1. The van der Waals surface area contributed by atoms with E-state index in [0.717, 1.165) is 16.0 Å². The molecule has 2 fully saturated rings. The second-order valence-electron chi connectivity index (χ2n) is 17.4. The number of urea groups is 1. The van der Waals surface area contributed by atoms with Gasteiger partial charge in [-0.25, -0.2) is 14.5 Å². The van der Waals surface area contributed by atoms with Gasteiger partial charge < -0.3 is 25.2 Å². The lowest BCUT2D eigenvalue weighted by Gasteiger charge is -2.46. The highest BCUT2D eigenvalue weighted by Crippen LogP contribution is 2.66. The number of nitrogens with one attached hydrogen (secondary N) is 2. The molecule has 3 heterocycles. The number of nitrogens with zero attached hydrogens (tertiary/aromatic N) is 3. The maximum atomic E-state index is 16.4. The van der Waals surface area contributed by atoms with Crippen LogP contribution in [0.25, 0.3) is 0 Å². The lowest BCUT2D eigenvalue weighted by Crippen LogP contribution is -2.57. The van der Waals surface area contributed by atoms with E-state index in [1.807, 2.05) is 103 Å². The summed E-state index contributed by atoms with van der Waals surface area (Å²) in [6, 6.07) is 34.6. The van der Waals surface area contributed by atoms with E-state index in [1.54, 1.807) is 44.2 Å². The van der Waals surface area contributed by atoms with Crippen LogP contribution in [0.1, 0.15) is 65.4 Å². The Morgan fingerprint density at radius 3 is 2.15 bits per heavy atom. The van der Waals surface area contributed by atoms with Gasteiger partial charge in [0, 0.05) is 18.7 Å². The first kappa shape index (κ1) is 46.0. The minimum atomic E-state index is -2.06. The first-order valence-corrected chi connectivity index (χ1v) is 22.2. The normalized spacial score (nSPS) is 22.3. The van der Waals surface area contributed by atoms with Crippen molar-refractivity contribution in [3.8, 4) is 17.6 Å². The lowest BCUT2D eigenvalue weighted by molar-refractivity contribution is -0.178. The van der Waals surface area contributed by atoms with E-state index in [9.17, 15) is 14.7 Å². The SMILES string of the molecule is C=CCNC(=O)[C@H]1[C@@H]2C(=O)O[C@@H](c3ccccc3)[C@@H](c3ccccc3)N2[C@@H](c2ccc(O)cc2)[C@]12C(=O)N(C(=O)N[C@H](C(=O)OC)C(C)C)c1ccc(C#CCN(C)Cc3ccccc3)cc12. The molecule has 4 amide bonds. The molecule has 13 heteroatoms. The molecule has 7 atom stereocenters. The van der Waals surface area contributed by atoms with Crippen molar-refractivity contribution in [2.75, 3.05) is 32.1 Å². The summed E-state index contributed by atoms with van der Waals surface area (Å²) < 4.78 is 11.6. The van der Waals surface area contributed by atoms with Crippen molar-refractivity contribution in [1.82, 2.24) is 20.4 Å². The largest absolute Gasteiger partial charge is 0.508 e. The molecular weight excluding hydrogens is 847 g/mol. The van der Waals surface area contributed by atoms with Crippen LogP contribution in [0.15, 0.2) is 146 Å². The maximum Gasteiger partial charge on any atom is 0.329 e. The summed E-state index contributed by atoms with van der Waals surface area (Å²) in [5, 5.41) is 16.4. The number of ether oxygens (including phenoxy) is 2. The number of esters is 2. The summed E-state index contributed by atoms with van der Waals surface area (Å²) in [5.74, 6) is 1.55. The summed E-state index contributed by atoms with van der Waals surface area (Å²) in [5.41, 5.74) is 1.83. The number of benzene rings is 5. The lowest BCUT2D eigenvalue weighted by atomic mass is 9.65. The molecule has 5 aromatic carbocycles. The van der Waals surface area contributed by atoms with Gasteiger partial charge in [-0.2, -0.15) is 0 Å². The van der Waals surface area contributed by atoms with Gasteiger partial charge in [0.2, 0.25) is 11.8 Å². The van der Waals surface area contributed by atoms with Gasteiger partial charge in [0.15, 0.2) is 0 Å². The highest BCUT2D eigenvalue weighted by Gasteiger charge is 2.75. The molecule has 0 aromatic heterocycles. The van der Waals surface area contributed by atoms with Crippen LogP contribution in [0.4, 0.5) is 10.5 Å². The van der Waals surface area contributed by atoms with E-state index in [0.29, 0.717) is 29.8 Å². The zero-order chi connectivity index (χ0) is 47.4. The molecule has 342 valence electrons. The van der Waals surface area contributed by atoms with Crippen LogP contribution in [0, 0.1) is 23.7 Å². The van der Waals surface area contributed by atoms with Crippen LogP contribution in [0.2, 0.25) is 0 Å². The molecule has 3 N–H and O–H groups in total. The fourth-order valence-electron chi connectivity index (χ4n) is 9.97. The van der Waals surface area contributed by atoms with E-state index < -0.39 is 77.3 Å². The van der Waals surface area contributed by atoms with Gasteiger partial charge in [0.05, 0.1) is 37.3 Å². The summed E-state index contributed by atoms with van der Waals surface area (Å²) in [4.78, 5) is 79.8. The van der Waals surface area contributed by atoms with Crippen molar-refractivity contribution in [2.45, 2.75) is 56.1 Å². The number of phenols is 1. The number of imide groups is 1. The van der Waals surface area contributed by atoms with Crippen molar-refractivity contribution in [3.05, 3.63) is 179 Å². The van der Waals surface area contributed by atoms with Gasteiger partial charge in [0.25, 0.3) is 0 Å². The van der Waals surface area contributed by atoms with E-state index in [1.165, 1.54) is 25.3 Å². The minimum absolute atomic E-state index is 0.00568. The third kappa shape index (κ3) is 8.57. The molecule has 5 aromatic rings. The Morgan fingerprint density at radius 2 is 1.52 bits per heavy atom. The number of rotatable bonds is 12. The summed E-state index contributed by atoms with van der Waals surface area (Å²) in [6.07, 6.45) is 0.573. The summed E-state index contributed by atoms with van der Waals surface area (Å²) in [7, 11) is 3.17. The highest BCUT2D eigenvalue weighted by molar-refractivity contribution is 6.25. The molecule has 67 heavy (non-hydrogen) atoms. The zero-order valence-corrected chi connectivity index (χ0v) is 37.8. The first-order valence-electron chi connectivity index (χ1n) is 22.2. The van der Waals surface area contributed by atoms with Gasteiger partial charge in [-0.3, -0.25) is 24.2 Å². The number of hydrogen-bond donors (Lipinski definition) is 3. The number of carbonyl (C=O) groups is 5. The van der Waals surface area contributed by atoms with Gasteiger partial charge in [-0.1, -0.05) is 135 Å². The number of carbonyl (C=O) groups excluding carboxylic acids is 5. The van der Waals surface area contributed by atoms with E-state index in [-0.39, 0.29) is 23.5 Å². The van der Waals surface area contributed by atoms with Crippen LogP contribution >= 0.6 is 0 Å². The zero-order valence-electron chi connectivity index (χ0n) is 37.8. The topological polar surface area (TPSA) is 158 Å². The predicted octanol–water partition coefficient (Wildman–Crippen LogP) is 6.75. The fourth-order valence-corrected chi connectivity index (χ4v) is 9.97. The molecule has 8 rings (SSSR count). The number of aromatic hydroxyl groups is 1. The van der Waals surface area contributed by atoms with Crippen molar-refractivity contribution in [3.63, 3.8) is 0 Å². The van der Waals surface area contributed by atoms with Gasteiger partial charge in [0.1, 0.15) is 29.4 Å². The number of fused-ring (bicyclic) bond motifs is 3. The Labute approximate surface area is 390 Å². The van der Waals surface area contributed by atoms with E-state index in [2.05, 4.69) is 34.0 Å². The average Bonchev–Trinajstić information content (AvgIpc) is 3.79. The number of hydrogen-bond acceptors (Lipinski definition) is 10. The second kappa shape index (κ2) is 19.5. The molecule has 0 unspecified atom stereocenters. The molecular formula is C54H53N5O8. The Hall–Kier alpha value is -7.53.